The first kappa shape index (κ1) is 24.1. The van der Waals surface area contributed by atoms with Crippen molar-refractivity contribution in [2.45, 2.75) is 57.8 Å². The molecule has 2 aliphatic carbocycles. The number of amides is 1. The van der Waals surface area contributed by atoms with Crippen LogP contribution in [-0.4, -0.2) is 30.4 Å². The Labute approximate surface area is 211 Å². The van der Waals surface area contributed by atoms with Gasteiger partial charge in [-0.1, -0.05) is 73.0 Å². The lowest BCUT2D eigenvalue weighted by Gasteiger charge is -2.24. The number of anilines is 1. The van der Waals surface area contributed by atoms with Crippen LogP contribution in [0.4, 0.5) is 10.5 Å². The summed E-state index contributed by atoms with van der Waals surface area (Å²) in [6.45, 7) is 4.44. The number of rotatable bonds is 9. The number of hydrogen-bond acceptors (Lipinski definition) is 6. The summed E-state index contributed by atoms with van der Waals surface area (Å²) in [7, 11) is 0. The molecule has 0 atom stereocenters. The third-order valence-corrected chi connectivity index (χ3v) is 7.41. The van der Waals surface area contributed by atoms with Gasteiger partial charge in [0.05, 0.1) is 18.6 Å². The molecule has 1 N–H and O–H groups in total. The lowest BCUT2D eigenvalue weighted by molar-refractivity contribution is -0.146. The summed E-state index contributed by atoms with van der Waals surface area (Å²) < 4.78 is 16.2. The fourth-order valence-corrected chi connectivity index (χ4v) is 4.75. The molecule has 0 saturated heterocycles. The monoisotopic (exact) mass is 488 g/mol. The van der Waals surface area contributed by atoms with Crippen molar-refractivity contribution >= 4 is 17.7 Å². The third-order valence-electron chi connectivity index (χ3n) is 7.41. The molecular weight excluding hydrogens is 456 g/mol. The van der Waals surface area contributed by atoms with Crippen LogP contribution in [0.1, 0.15) is 56.7 Å². The van der Waals surface area contributed by atoms with Gasteiger partial charge >= 0.3 is 12.1 Å². The van der Waals surface area contributed by atoms with Gasteiger partial charge in [0.1, 0.15) is 11.4 Å². The van der Waals surface area contributed by atoms with Gasteiger partial charge in [-0.15, -0.1) is 0 Å². The van der Waals surface area contributed by atoms with Gasteiger partial charge in [-0.05, 0) is 55.7 Å². The third kappa shape index (κ3) is 4.87. The minimum absolute atomic E-state index is 0.129. The van der Waals surface area contributed by atoms with E-state index >= 15 is 0 Å². The molecule has 1 amide bonds. The molecule has 2 aliphatic rings. The van der Waals surface area contributed by atoms with E-state index < -0.39 is 11.5 Å². The minimum Gasteiger partial charge on any atom is -0.465 e. The lowest BCUT2D eigenvalue weighted by Crippen LogP contribution is -2.23. The first-order valence-electron chi connectivity index (χ1n) is 12.8. The van der Waals surface area contributed by atoms with Crippen LogP contribution in [0.15, 0.2) is 53.1 Å². The van der Waals surface area contributed by atoms with Crippen LogP contribution >= 0.6 is 0 Å². The van der Waals surface area contributed by atoms with E-state index in [4.69, 9.17) is 14.0 Å². The maximum absolute atomic E-state index is 12.4. The van der Waals surface area contributed by atoms with E-state index in [-0.39, 0.29) is 5.97 Å². The van der Waals surface area contributed by atoms with Gasteiger partial charge in [-0.3, -0.25) is 10.1 Å². The van der Waals surface area contributed by atoms with E-state index in [1.54, 1.807) is 6.92 Å². The zero-order valence-corrected chi connectivity index (χ0v) is 20.8. The molecule has 2 saturated carbocycles. The van der Waals surface area contributed by atoms with Crippen LogP contribution in [0.25, 0.3) is 22.5 Å². The zero-order valence-electron chi connectivity index (χ0n) is 20.8. The van der Waals surface area contributed by atoms with Crippen molar-refractivity contribution in [2.75, 3.05) is 18.5 Å². The van der Waals surface area contributed by atoms with Crippen molar-refractivity contribution in [1.29, 1.82) is 0 Å². The summed E-state index contributed by atoms with van der Waals surface area (Å²) in [6.07, 6.45) is 5.83. The number of esters is 1. The van der Waals surface area contributed by atoms with E-state index in [2.05, 4.69) is 10.5 Å². The molecule has 188 valence electrons. The fourth-order valence-electron chi connectivity index (χ4n) is 4.75. The Morgan fingerprint density at radius 2 is 1.64 bits per heavy atom. The number of nitrogens with one attached hydrogen (secondary N) is 1. The molecule has 7 nitrogen and oxygen atoms in total. The van der Waals surface area contributed by atoms with Crippen molar-refractivity contribution in [3.05, 3.63) is 59.8 Å². The fraction of sp³-hybridized carbons (Fsp3) is 0.414. The molecule has 3 aromatic rings. The van der Waals surface area contributed by atoms with E-state index in [1.807, 2.05) is 55.5 Å². The van der Waals surface area contributed by atoms with Crippen molar-refractivity contribution in [3.63, 3.8) is 0 Å². The van der Waals surface area contributed by atoms with E-state index in [0.717, 1.165) is 41.5 Å². The molecule has 0 radical (unpaired) electrons. The summed E-state index contributed by atoms with van der Waals surface area (Å²) >= 11 is 0. The largest absolute Gasteiger partial charge is 0.465 e. The molecule has 36 heavy (non-hydrogen) atoms. The highest BCUT2D eigenvalue weighted by Crippen LogP contribution is 2.49. The second-order valence-electron chi connectivity index (χ2n) is 9.78. The van der Waals surface area contributed by atoms with E-state index in [1.165, 1.54) is 19.3 Å². The number of aromatic nitrogens is 1. The average molecular weight is 489 g/mol. The van der Waals surface area contributed by atoms with Gasteiger partial charge in [-0.2, -0.15) is 0 Å². The van der Waals surface area contributed by atoms with Crippen LogP contribution in [0.5, 0.6) is 0 Å². The lowest BCUT2D eigenvalue weighted by atomic mass is 9.83. The topological polar surface area (TPSA) is 90.7 Å². The quantitative estimate of drug-likeness (QED) is 0.339. The number of carbonyl (C=O) groups excluding carboxylic acids is 2. The standard InChI is InChI=1S/C29H32N2O5/c1-3-34-27(32)29(16-17-29)24-13-11-22(12-14-24)21-7-9-23(10-8-21)26-25(19(2)31-36-26)30-28(33)35-18-15-20-5-4-6-20/h7-14,20H,3-6,15-18H2,1-2H3,(H,30,33). The summed E-state index contributed by atoms with van der Waals surface area (Å²) in [5.74, 6) is 1.05. The summed E-state index contributed by atoms with van der Waals surface area (Å²) in [5.41, 5.74) is 4.54. The number of nitrogens with zero attached hydrogens (tertiary/aromatic N) is 1. The summed E-state index contributed by atoms with van der Waals surface area (Å²) in [6, 6.07) is 16.0. The molecule has 0 bridgehead atoms. The van der Waals surface area contributed by atoms with Crippen molar-refractivity contribution in [2.24, 2.45) is 5.92 Å². The van der Waals surface area contributed by atoms with Gasteiger partial charge in [0.2, 0.25) is 0 Å². The van der Waals surface area contributed by atoms with Crippen molar-refractivity contribution in [1.82, 2.24) is 5.16 Å². The SMILES string of the molecule is CCOC(=O)C1(c2ccc(-c3ccc(-c4onc(C)c4NC(=O)OCCC4CCC4)cc3)cc2)CC1. The Hall–Kier alpha value is -3.61. The number of ether oxygens (including phenoxy) is 2. The second kappa shape index (κ2) is 10.2. The van der Waals surface area contributed by atoms with Gasteiger partial charge in [0, 0.05) is 5.56 Å². The average Bonchev–Trinajstić information content (AvgIpc) is 3.60. The van der Waals surface area contributed by atoms with Gasteiger partial charge < -0.3 is 14.0 Å². The van der Waals surface area contributed by atoms with Gasteiger partial charge in [-0.25, -0.2) is 4.79 Å². The van der Waals surface area contributed by atoms with Crippen molar-refractivity contribution in [3.8, 4) is 22.5 Å². The highest BCUT2D eigenvalue weighted by Gasteiger charge is 2.52. The zero-order chi connectivity index (χ0) is 25.1. The predicted octanol–water partition coefficient (Wildman–Crippen LogP) is 6.65. The highest BCUT2D eigenvalue weighted by atomic mass is 16.5. The molecule has 0 spiro atoms. The van der Waals surface area contributed by atoms with Crippen LogP contribution < -0.4 is 5.32 Å². The number of carbonyl (C=O) groups is 2. The molecule has 2 fully saturated rings. The highest BCUT2D eigenvalue weighted by molar-refractivity contribution is 5.91. The Morgan fingerprint density at radius 3 is 2.22 bits per heavy atom. The number of aryl methyl sites for hydroxylation is 1. The van der Waals surface area contributed by atoms with E-state index in [0.29, 0.717) is 36.3 Å². The first-order chi connectivity index (χ1) is 17.5. The smallest absolute Gasteiger partial charge is 0.411 e. The molecule has 0 unspecified atom stereocenters. The molecule has 5 rings (SSSR count). The Balaban J connectivity index is 1.25. The second-order valence-corrected chi connectivity index (χ2v) is 9.78. The van der Waals surface area contributed by atoms with Crippen molar-refractivity contribution < 1.29 is 23.6 Å². The normalized spacial score (nSPS) is 16.2. The van der Waals surface area contributed by atoms with Crippen LogP contribution in [0.3, 0.4) is 0 Å². The maximum atomic E-state index is 12.4. The molecule has 1 aromatic heterocycles. The summed E-state index contributed by atoms with van der Waals surface area (Å²) in [4.78, 5) is 24.7. The molecule has 7 heteroatoms. The Kier molecular flexibility index (Phi) is 6.81. The maximum Gasteiger partial charge on any atom is 0.411 e. The van der Waals surface area contributed by atoms with Crippen LogP contribution in [0, 0.1) is 12.8 Å². The Morgan fingerprint density at radius 1 is 1.00 bits per heavy atom. The minimum atomic E-state index is -0.491. The van der Waals surface area contributed by atoms with Crippen LogP contribution in [0.2, 0.25) is 0 Å². The molecule has 0 aliphatic heterocycles. The number of benzene rings is 2. The molecule has 1 heterocycles. The Bertz CT molecular complexity index is 1220. The van der Waals surface area contributed by atoms with Gasteiger partial charge in [0.25, 0.3) is 0 Å². The molecular formula is C29H32N2O5. The summed E-state index contributed by atoms with van der Waals surface area (Å²) in [5, 5.41) is 6.84. The van der Waals surface area contributed by atoms with Gasteiger partial charge in [0.15, 0.2) is 5.76 Å². The predicted molar refractivity (Wildman–Crippen MR) is 137 cm³/mol. The van der Waals surface area contributed by atoms with Crippen LogP contribution in [-0.2, 0) is 19.7 Å². The first-order valence-corrected chi connectivity index (χ1v) is 12.8. The molecule has 2 aromatic carbocycles. The number of hydrogen-bond donors (Lipinski definition) is 1. The van der Waals surface area contributed by atoms with E-state index in [9.17, 15) is 9.59 Å².